The van der Waals surface area contributed by atoms with Gasteiger partial charge in [-0.05, 0) is 24.3 Å². The molecule has 1 N–H and O–H groups in total. The quantitative estimate of drug-likeness (QED) is 0.339. The highest BCUT2D eigenvalue weighted by molar-refractivity contribution is 5.91. The number of fused-ring (bicyclic) bond motifs is 1. The molecule has 2 aliphatic rings. The zero-order chi connectivity index (χ0) is 18.9. The van der Waals surface area contributed by atoms with Crippen LogP contribution in [0.4, 0.5) is 0 Å². The third-order valence-electron chi connectivity index (χ3n) is 5.30. The smallest absolute Gasteiger partial charge is 0.334 e. The minimum absolute atomic E-state index is 0.217. The number of aliphatic hydroxyl groups is 1. The molecular formula is C19H24O6. The zero-order valence-corrected chi connectivity index (χ0v) is 14.6. The van der Waals surface area contributed by atoms with E-state index in [1.807, 2.05) is 6.92 Å². The van der Waals surface area contributed by atoms with Gasteiger partial charge in [-0.1, -0.05) is 26.2 Å². The van der Waals surface area contributed by atoms with E-state index in [4.69, 9.17) is 14.6 Å². The summed E-state index contributed by atoms with van der Waals surface area (Å²) in [6.45, 7) is 14.5. The average molecular weight is 348 g/mol. The van der Waals surface area contributed by atoms with Crippen LogP contribution in [-0.4, -0.2) is 42.1 Å². The molecule has 0 aromatic carbocycles. The van der Waals surface area contributed by atoms with Gasteiger partial charge in [0.25, 0.3) is 0 Å². The maximum absolute atomic E-state index is 12.2. The van der Waals surface area contributed by atoms with E-state index in [0.717, 1.165) is 0 Å². The van der Waals surface area contributed by atoms with Gasteiger partial charge >= 0.3 is 11.9 Å². The van der Waals surface area contributed by atoms with E-state index in [-0.39, 0.29) is 12.2 Å². The summed E-state index contributed by atoms with van der Waals surface area (Å²) in [6.07, 6.45) is 1.31. The van der Waals surface area contributed by atoms with Crippen molar-refractivity contribution in [2.75, 3.05) is 6.61 Å². The third-order valence-corrected chi connectivity index (χ3v) is 5.30. The molecule has 6 atom stereocenters. The Balaban J connectivity index is 2.43. The first kappa shape index (κ1) is 19.1. The standard InChI is InChI=1S/C19H24O6/c1-6-19(5)7-13(24-17(22)11(3)9-21)14-12(4)18(23)25-16(14)15(19)10(2)8-20/h6,8,11,13-16,21H,1-2,4,7,9H2,3,5H3. The van der Waals surface area contributed by atoms with Crippen molar-refractivity contribution in [1.29, 1.82) is 0 Å². The zero-order valence-electron chi connectivity index (χ0n) is 14.6. The number of hydrogen-bond acceptors (Lipinski definition) is 6. The fourth-order valence-corrected chi connectivity index (χ4v) is 3.75. The summed E-state index contributed by atoms with van der Waals surface area (Å²) in [4.78, 5) is 35.6. The second-order valence-electron chi connectivity index (χ2n) is 7.06. The predicted octanol–water partition coefficient (Wildman–Crippen LogP) is 1.59. The second-order valence-corrected chi connectivity index (χ2v) is 7.06. The molecule has 25 heavy (non-hydrogen) atoms. The number of ether oxygens (including phenoxy) is 2. The van der Waals surface area contributed by atoms with Crippen LogP contribution < -0.4 is 0 Å². The maximum Gasteiger partial charge on any atom is 0.334 e. The Hall–Kier alpha value is -2.21. The number of esters is 2. The number of carbonyl (C=O) groups is 3. The highest BCUT2D eigenvalue weighted by Crippen LogP contribution is 2.53. The van der Waals surface area contributed by atoms with E-state index in [0.29, 0.717) is 18.3 Å². The van der Waals surface area contributed by atoms with Crippen molar-refractivity contribution >= 4 is 18.2 Å². The van der Waals surface area contributed by atoms with E-state index >= 15 is 0 Å². The monoisotopic (exact) mass is 348 g/mol. The number of hydrogen-bond donors (Lipinski definition) is 1. The molecule has 2 fully saturated rings. The van der Waals surface area contributed by atoms with Crippen LogP contribution in [0.25, 0.3) is 0 Å². The van der Waals surface area contributed by atoms with E-state index in [1.165, 1.54) is 0 Å². The first-order chi connectivity index (χ1) is 11.7. The van der Waals surface area contributed by atoms with Gasteiger partial charge in [0.05, 0.1) is 18.4 Å². The van der Waals surface area contributed by atoms with Crippen molar-refractivity contribution in [2.24, 2.45) is 23.2 Å². The maximum atomic E-state index is 12.2. The molecule has 0 spiro atoms. The molecule has 2 rings (SSSR count). The fourth-order valence-electron chi connectivity index (χ4n) is 3.75. The van der Waals surface area contributed by atoms with Crippen molar-refractivity contribution in [3.05, 3.63) is 37.0 Å². The topological polar surface area (TPSA) is 89.9 Å². The molecule has 136 valence electrons. The summed E-state index contributed by atoms with van der Waals surface area (Å²) in [5.74, 6) is -2.83. The van der Waals surface area contributed by atoms with E-state index < -0.39 is 47.3 Å². The molecule has 1 aliphatic carbocycles. The molecule has 0 bridgehead atoms. The number of carbonyl (C=O) groups excluding carboxylic acids is 3. The molecule has 0 aromatic rings. The molecule has 1 aliphatic heterocycles. The van der Waals surface area contributed by atoms with Crippen LogP contribution in [0.3, 0.4) is 0 Å². The minimum atomic E-state index is -0.698. The molecule has 6 heteroatoms. The number of allylic oxidation sites excluding steroid dienone is 1. The molecule has 1 saturated heterocycles. The van der Waals surface area contributed by atoms with Gasteiger partial charge < -0.3 is 14.6 Å². The summed E-state index contributed by atoms with van der Waals surface area (Å²) in [5, 5.41) is 9.15. The lowest BCUT2D eigenvalue weighted by Crippen LogP contribution is -2.52. The van der Waals surface area contributed by atoms with Crippen molar-refractivity contribution in [3.8, 4) is 0 Å². The molecule has 0 radical (unpaired) electrons. The van der Waals surface area contributed by atoms with E-state index in [9.17, 15) is 14.4 Å². The molecule has 1 saturated carbocycles. The second kappa shape index (κ2) is 6.96. The van der Waals surface area contributed by atoms with Gasteiger partial charge in [-0.2, -0.15) is 0 Å². The Bertz CT molecular complexity index is 636. The van der Waals surface area contributed by atoms with Gasteiger partial charge in [-0.25, -0.2) is 4.79 Å². The van der Waals surface area contributed by atoms with Crippen LogP contribution in [-0.2, 0) is 23.9 Å². The molecular weight excluding hydrogens is 324 g/mol. The van der Waals surface area contributed by atoms with Crippen LogP contribution in [0.2, 0.25) is 0 Å². The van der Waals surface area contributed by atoms with Crippen molar-refractivity contribution in [3.63, 3.8) is 0 Å². The average Bonchev–Trinajstić information content (AvgIpc) is 2.88. The van der Waals surface area contributed by atoms with Gasteiger partial charge in [-0.15, -0.1) is 6.58 Å². The van der Waals surface area contributed by atoms with Gasteiger partial charge in [0.1, 0.15) is 18.5 Å². The Morgan fingerprint density at radius 1 is 1.56 bits per heavy atom. The van der Waals surface area contributed by atoms with Gasteiger partial charge in [0.2, 0.25) is 0 Å². The molecule has 0 amide bonds. The van der Waals surface area contributed by atoms with Gasteiger partial charge in [0.15, 0.2) is 0 Å². The first-order valence-corrected chi connectivity index (χ1v) is 8.18. The van der Waals surface area contributed by atoms with Crippen LogP contribution in [0.1, 0.15) is 20.3 Å². The normalized spacial score (nSPS) is 35.3. The van der Waals surface area contributed by atoms with Crippen LogP contribution in [0.15, 0.2) is 37.0 Å². The van der Waals surface area contributed by atoms with E-state index in [1.54, 1.807) is 13.0 Å². The number of rotatable bonds is 6. The lowest BCUT2D eigenvalue weighted by molar-refractivity contribution is -0.167. The lowest BCUT2D eigenvalue weighted by atomic mass is 9.59. The fraction of sp³-hybridized carbons (Fsp3) is 0.526. The van der Waals surface area contributed by atoms with Crippen molar-refractivity contribution in [1.82, 2.24) is 0 Å². The summed E-state index contributed by atoms with van der Waals surface area (Å²) >= 11 is 0. The predicted molar refractivity (Wildman–Crippen MR) is 90.3 cm³/mol. The van der Waals surface area contributed by atoms with Gasteiger partial charge in [0, 0.05) is 11.5 Å². The summed E-state index contributed by atoms with van der Waals surface area (Å²) in [6, 6.07) is 0. The molecule has 6 nitrogen and oxygen atoms in total. The largest absolute Gasteiger partial charge is 0.461 e. The summed E-state index contributed by atoms with van der Waals surface area (Å²) < 4.78 is 11.0. The highest BCUT2D eigenvalue weighted by Gasteiger charge is 2.58. The SMILES string of the molecule is C=CC1(C)CC(OC(=O)C(C)CO)C2C(=C)C(=O)OC2C1C(=C)C=O. The molecule has 6 unspecified atom stereocenters. The van der Waals surface area contributed by atoms with Crippen LogP contribution in [0.5, 0.6) is 0 Å². The highest BCUT2D eigenvalue weighted by atomic mass is 16.6. The minimum Gasteiger partial charge on any atom is -0.461 e. The third kappa shape index (κ3) is 3.18. The van der Waals surface area contributed by atoms with Crippen molar-refractivity contribution < 1.29 is 29.0 Å². The Labute approximate surface area is 147 Å². The Morgan fingerprint density at radius 3 is 2.72 bits per heavy atom. The summed E-state index contributed by atoms with van der Waals surface area (Å²) in [7, 11) is 0. The molecule has 1 heterocycles. The number of aldehydes is 1. The van der Waals surface area contributed by atoms with Crippen LogP contribution in [0, 0.1) is 23.2 Å². The Morgan fingerprint density at radius 2 is 2.20 bits per heavy atom. The van der Waals surface area contributed by atoms with Gasteiger partial charge in [-0.3, -0.25) is 9.59 Å². The molecule has 0 aromatic heterocycles. The Kier molecular flexibility index (Phi) is 5.32. The summed E-state index contributed by atoms with van der Waals surface area (Å²) in [5.41, 5.74) is -0.139. The van der Waals surface area contributed by atoms with Crippen LogP contribution >= 0.6 is 0 Å². The van der Waals surface area contributed by atoms with Crippen molar-refractivity contribution in [2.45, 2.75) is 32.5 Å². The van der Waals surface area contributed by atoms with E-state index in [2.05, 4.69) is 19.7 Å². The lowest BCUT2D eigenvalue weighted by Gasteiger charge is -2.47. The first-order valence-electron chi connectivity index (χ1n) is 8.18. The number of aliphatic hydroxyl groups excluding tert-OH is 1.